The Bertz CT molecular complexity index is 978. The van der Waals surface area contributed by atoms with E-state index in [0.29, 0.717) is 6.42 Å². The highest BCUT2D eigenvalue weighted by Crippen LogP contribution is 2.18. The van der Waals surface area contributed by atoms with Gasteiger partial charge in [0, 0.05) is 29.9 Å². The van der Waals surface area contributed by atoms with E-state index in [2.05, 4.69) is 20.7 Å². The van der Waals surface area contributed by atoms with Gasteiger partial charge in [-0.25, -0.2) is 14.3 Å². The van der Waals surface area contributed by atoms with E-state index >= 15 is 0 Å². The third-order valence-corrected chi connectivity index (χ3v) is 5.72. The van der Waals surface area contributed by atoms with E-state index in [1.165, 1.54) is 13.3 Å². The van der Waals surface area contributed by atoms with Crippen LogP contribution in [0.2, 0.25) is 0 Å². The van der Waals surface area contributed by atoms with Crippen LogP contribution in [0, 0.1) is 20.8 Å². The van der Waals surface area contributed by atoms with Crippen molar-refractivity contribution in [2.75, 3.05) is 0 Å². The minimum atomic E-state index is -1.05. The first-order valence-electron chi connectivity index (χ1n) is 10.9. The zero-order valence-corrected chi connectivity index (χ0v) is 18.7. The molecule has 1 fully saturated rings. The molecule has 2 N–H and O–H groups in total. The first-order chi connectivity index (χ1) is 14.7. The van der Waals surface area contributed by atoms with E-state index in [1.807, 2.05) is 26.8 Å². The fraction of sp³-hybridized carbons (Fsp3) is 0.591. The minimum absolute atomic E-state index is 0.0930. The summed E-state index contributed by atoms with van der Waals surface area (Å²) in [6.45, 7) is 7.20. The maximum absolute atomic E-state index is 12.3. The Morgan fingerprint density at radius 3 is 2.61 bits per heavy atom. The van der Waals surface area contributed by atoms with Gasteiger partial charge in [0.15, 0.2) is 11.8 Å². The number of nitrogens with one attached hydrogen (secondary N) is 2. The maximum Gasteiger partial charge on any atom is 0.321 e. The normalized spacial score (nSPS) is 15.5. The summed E-state index contributed by atoms with van der Waals surface area (Å²) in [7, 11) is 0. The second-order valence-electron chi connectivity index (χ2n) is 8.25. The average Bonchev–Trinajstić information content (AvgIpc) is 3.08. The number of carbonyl (C=O) groups is 3. The lowest BCUT2D eigenvalue weighted by atomic mass is 9.96. The second-order valence-corrected chi connectivity index (χ2v) is 8.25. The van der Waals surface area contributed by atoms with E-state index in [1.54, 1.807) is 4.52 Å². The van der Waals surface area contributed by atoms with E-state index < -0.39 is 24.0 Å². The van der Waals surface area contributed by atoms with Gasteiger partial charge in [0.05, 0.1) is 5.69 Å². The fourth-order valence-corrected chi connectivity index (χ4v) is 4.02. The molecule has 0 unspecified atom stereocenters. The summed E-state index contributed by atoms with van der Waals surface area (Å²) in [6.07, 6.45) is 4.64. The molecule has 1 aliphatic rings. The number of hydrogen-bond donors (Lipinski definition) is 2. The lowest BCUT2D eigenvalue weighted by Gasteiger charge is -2.23. The molecule has 2 heterocycles. The molecule has 1 atom stereocenters. The zero-order valence-electron chi connectivity index (χ0n) is 18.7. The summed E-state index contributed by atoms with van der Waals surface area (Å²) in [5.41, 5.74) is 4.34. The number of carbonyl (C=O) groups excluding carboxylic acids is 3. The fourth-order valence-electron chi connectivity index (χ4n) is 4.02. The number of amides is 3. The standard InChI is InChI=1S/C22H31N5O4/c1-13-12-19-23-14(2)18(15(3)27(19)26-13)10-11-20(28)31-16(4)21(29)25-22(30)24-17-8-6-5-7-9-17/h12,16-17H,5-11H2,1-4H3,(H2,24,25,29,30)/t16-/m1/s1. The summed E-state index contributed by atoms with van der Waals surface area (Å²) in [5.74, 6) is -1.14. The Morgan fingerprint density at radius 2 is 1.90 bits per heavy atom. The van der Waals surface area contributed by atoms with E-state index in [-0.39, 0.29) is 12.5 Å². The number of urea groups is 1. The quantitative estimate of drug-likeness (QED) is 0.683. The molecule has 0 aromatic carbocycles. The number of fused-ring (bicyclic) bond motifs is 1. The Labute approximate surface area is 181 Å². The van der Waals surface area contributed by atoms with Crippen LogP contribution in [0.3, 0.4) is 0 Å². The van der Waals surface area contributed by atoms with Gasteiger partial charge in [-0.2, -0.15) is 5.10 Å². The number of ether oxygens (including phenoxy) is 1. The van der Waals surface area contributed by atoms with Crippen molar-refractivity contribution in [2.24, 2.45) is 0 Å². The third kappa shape index (κ3) is 5.80. The van der Waals surface area contributed by atoms with Crippen molar-refractivity contribution in [3.05, 3.63) is 28.7 Å². The van der Waals surface area contributed by atoms with E-state index in [0.717, 1.165) is 54.0 Å². The van der Waals surface area contributed by atoms with Gasteiger partial charge in [-0.15, -0.1) is 0 Å². The maximum atomic E-state index is 12.3. The van der Waals surface area contributed by atoms with Crippen LogP contribution in [-0.2, 0) is 20.7 Å². The van der Waals surface area contributed by atoms with Gasteiger partial charge in [-0.1, -0.05) is 19.3 Å². The Kier molecular flexibility index (Phi) is 7.25. The highest BCUT2D eigenvalue weighted by Gasteiger charge is 2.22. The number of nitrogens with zero attached hydrogens (tertiary/aromatic N) is 3. The largest absolute Gasteiger partial charge is 0.453 e. The molecule has 168 valence electrons. The molecule has 1 aliphatic carbocycles. The summed E-state index contributed by atoms with van der Waals surface area (Å²) >= 11 is 0. The molecule has 0 bridgehead atoms. The Balaban J connectivity index is 1.49. The highest BCUT2D eigenvalue weighted by molar-refractivity contribution is 5.97. The number of aromatic nitrogens is 3. The lowest BCUT2D eigenvalue weighted by molar-refractivity contribution is -0.154. The first-order valence-corrected chi connectivity index (χ1v) is 10.9. The van der Waals surface area contributed by atoms with Crippen molar-refractivity contribution >= 4 is 23.6 Å². The predicted molar refractivity (Wildman–Crippen MR) is 115 cm³/mol. The van der Waals surface area contributed by atoms with Crippen LogP contribution >= 0.6 is 0 Å². The molecule has 9 heteroatoms. The van der Waals surface area contributed by atoms with Crippen molar-refractivity contribution in [1.29, 1.82) is 0 Å². The Morgan fingerprint density at radius 1 is 1.19 bits per heavy atom. The van der Waals surface area contributed by atoms with Gasteiger partial charge in [-0.05, 0) is 52.5 Å². The van der Waals surface area contributed by atoms with Gasteiger partial charge in [0.25, 0.3) is 5.91 Å². The van der Waals surface area contributed by atoms with Gasteiger partial charge in [-0.3, -0.25) is 14.9 Å². The van der Waals surface area contributed by atoms with E-state index in [9.17, 15) is 14.4 Å². The molecule has 1 saturated carbocycles. The molecule has 0 aliphatic heterocycles. The van der Waals surface area contributed by atoms with Crippen LogP contribution in [0.4, 0.5) is 4.79 Å². The van der Waals surface area contributed by atoms with Crippen molar-refractivity contribution in [1.82, 2.24) is 25.2 Å². The molecular weight excluding hydrogens is 398 g/mol. The first kappa shape index (κ1) is 22.7. The molecule has 9 nitrogen and oxygen atoms in total. The smallest absolute Gasteiger partial charge is 0.321 e. The molecule has 0 saturated heterocycles. The summed E-state index contributed by atoms with van der Waals surface area (Å²) in [6, 6.07) is 1.46. The van der Waals surface area contributed by atoms with Crippen molar-refractivity contribution in [2.45, 2.75) is 84.8 Å². The van der Waals surface area contributed by atoms with Crippen molar-refractivity contribution in [3.63, 3.8) is 0 Å². The molecule has 0 spiro atoms. The number of imide groups is 1. The third-order valence-electron chi connectivity index (χ3n) is 5.72. The van der Waals surface area contributed by atoms with Crippen LogP contribution in [0.15, 0.2) is 6.07 Å². The number of hydrogen-bond acceptors (Lipinski definition) is 6. The highest BCUT2D eigenvalue weighted by atomic mass is 16.5. The van der Waals surface area contributed by atoms with Crippen molar-refractivity contribution < 1.29 is 19.1 Å². The molecule has 31 heavy (non-hydrogen) atoms. The second kappa shape index (κ2) is 9.89. The van der Waals surface area contributed by atoms with Crippen molar-refractivity contribution in [3.8, 4) is 0 Å². The van der Waals surface area contributed by atoms with Gasteiger partial charge < -0.3 is 10.1 Å². The number of esters is 1. The zero-order chi connectivity index (χ0) is 22.5. The van der Waals surface area contributed by atoms with Crippen LogP contribution in [0.25, 0.3) is 5.65 Å². The van der Waals surface area contributed by atoms with E-state index in [4.69, 9.17) is 4.74 Å². The number of aryl methyl sites for hydroxylation is 3. The monoisotopic (exact) mass is 429 g/mol. The van der Waals surface area contributed by atoms with Crippen LogP contribution < -0.4 is 10.6 Å². The predicted octanol–water partition coefficient (Wildman–Crippen LogP) is 2.68. The van der Waals surface area contributed by atoms with Crippen LogP contribution in [-0.4, -0.2) is 44.7 Å². The van der Waals surface area contributed by atoms with Gasteiger partial charge in [0.2, 0.25) is 0 Å². The lowest BCUT2D eigenvalue weighted by Crippen LogP contribution is -2.48. The summed E-state index contributed by atoms with van der Waals surface area (Å²) in [4.78, 5) is 41.0. The van der Waals surface area contributed by atoms with Crippen LogP contribution in [0.5, 0.6) is 0 Å². The average molecular weight is 430 g/mol. The molecule has 3 amide bonds. The molecule has 2 aromatic rings. The molecule has 3 rings (SSSR count). The van der Waals surface area contributed by atoms with Gasteiger partial charge >= 0.3 is 12.0 Å². The summed E-state index contributed by atoms with van der Waals surface area (Å²) in [5, 5.41) is 9.50. The topological polar surface area (TPSA) is 115 Å². The number of rotatable bonds is 6. The minimum Gasteiger partial charge on any atom is -0.453 e. The SMILES string of the molecule is Cc1cc2nc(C)c(CCC(=O)O[C@H](C)C(=O)NC(=O)NC3CCCCC3)c(C)n2n1. The molecule has 2 aromatic heterocycles. The molecular formula is C22H31N5O4. The Hall–Kier alpha value is -2.97. The van der Waals surface area contributed by atoms with Gasteiger partial charge in [0.1, 0.15) is 0 Å². The van der Waals surface area contributed by atoms with Crippen LogP contribution in [0.1, 0.15) is 68.1 Å². The summed E-state index contributed by atoms with van der Waals surface area (Å²) < 4.78 is 6.99. The molecule has 0 radical (unpaired) electrons.